The minimum absolute atomic E-state index is 0.0703. The zero-order chi connectivity index (χ0) is 22.8. The summed E-state index contributed by atoms with van der Waals surface area (Å²) in [6.07, 6.45) is 7.58. The highest BCUT2D eigenvalue weighted by atomic mass is 19.1. The smallest absolute Gasteiger partial charge is 0.223 e. The van der Waals surface area contributed by atoms with Crippen LogP contribution in [0.3, 0.4) is 0 Å². The van der Waals surface area contributed by atoms with Gasteiger partial charge >= 0.3 is 0 Å². The molecule has 10 heteroatoms. The maximum absolute atomic E-state index is 14.8. The molecule has 9 nitrogen and oxygen atoms in total. The fourth-order valence-corrected chi connectivity index (χ4v) is 4.08. The Balaban J connectivity index is 1.32. The second-order valence-corrected chi connectivity index (χ2v) is 8.12. The number of nitrogens with two attached hydrogens (primary N) is 2. The molecule has 1 aromatic carbocycles. The predicted octanol–water partition coefficient (Wildman–Crippen LogP) is 4.29. The van der Waals surface area contributed by atoms with Crippen LogP contribution in [0.15, 0.2) is 48.8 Å². The lowest BCUT2D eigenvalue weighted by Gasteiger charge is -2.29. The average molecular weight is 449 g/mol. The number of fused-ring (bicyclic) bond motifs is 1. The number of nitrogen functional groups attached to an aromatic ring is 1. The Morgan fingerprint density at radius 3 is 2.73 bits per heavy atom. The van der Waals surface area contributed by atoms with Gasteiger partial charge in [0.15, 0.2) is 11.6 Å². The van der Waals surface area contributed by atoms with E-state index in [1.807, 2.05) is 6.07 Å². The Bertz CT molecular complexity index is 1280. The maximum atomic E-state index is 14.8. The van der Waals surface area contributed by atoms with Crippen molar-refractivity contribution < 1.29 is 9.13 Å². The van der Waals surface area contributed by atoms with Crippen LogP contribution >= 0.6 is 0 Å². The van der Waals surface area contributed by atoms with Crippen molar-refractivity contribution >= 4 is 34.3 Å². The third-order valence-corrected chi connectivity index (χ3v) is 5.74. The number of hydrogen-bond acceptors (Lipinski definition) is 8. The minimum Gasteiger partial charge on any atom is -0.453 e. The highest BCUT2D eigenvalue weighted by Crippen LogP contribution is 2.32. The summed E-state index contributed by atoms with van der Waals surface area (Å²) in [5, 5.41) is 7.21. The van der Waals surface area contributed by atoms with E-state index in [0.29, 0.717) is 28.7 Å². The van der Waals surface area contributed by atoms with E-state index in [1.54, 1.807) is 36.7 Å². The zero-order valence-corrected chi connectivity index (χ0v) is 17.9. The first kappa shape index (κ1) is 21.0. The Kier molecular flexibility index (Phi) is 5.66. The number of aromatic amines is 1. The van der Waals surface area contributed by atoms with Crippen molar-refractivity contribution in [3.63, 3.8) is 0 Å². The molecule has 3 heterocycles. The summed E-state index contributed by atoms with van der Waals surface area (Å²) in [4.78, 5) is 15.7. The molecular formula is C23H25FN8O. The normalized spacial score (nSPS) is 18.2. The number of aromatic nitrogens is 4. The summed E-state index contributed by atoms with van der Waals surface area (Å²) < 4.78 is 20.6. The molecule has 0 bridgehead atoms. The van der Waals surface area contributed by atoms with Crippen LogP contribution in [0.1, 0.15) is 25.7 Å². The van der Waals surface area contributed by atoms with E-state index in [0.717, 1.165) is 31.1 Å². The van der Waals surface area contributed by atoms with Crippen molar-refractivity contribution in [2.24, 2.45) is 5.73 Å². The van der Waals surface area contributed by atoms with E-state index >= 15 is 0 Å². The number of halogens is 1. The number of nitrogens with zero attached hydrogens (tertiary/aromatic N) is 3. The Labute approximate surface area is 189 Å². The molecule has 33 heavy (non-hydrogen) atoms. The molecule has 0 spiro atoms. The van der Waals surface area contributed by atoms with Crippen LogP contribution in [0.4, 0.5) is 27.7 Å². The van der Waals surface area contributed by atoms with Crippen molar-refractivity contribution in [2.45, 2.75) is 37.8 Å². The molecule has 1 aliphatic carbocycles. The number of nitrogens with one attached hydrogen (secondary N) is 3. The molecule has 1 fully saturated rings. The van der Waals surface area contributed by atoms with E-state index in [4.69, 9.17) is 16.2 Å². The Hall–Kier alpha value is -3.92. The molecule has 0 unspecified atom stereocenters. The number of hydrogen-bond donors (Lipinski definition) is 5. The summed E-state index contributed by atoms with van der Waals surface area (Å²) in [6, 6.07) is 10.1. The highest BCUT2D eigenvalue weighted by molar-refractivity contribution is 5.82. The van der Waals surface area contributed by atoms with Gasteiger partial charge in [-0.2, -0.15) is 9.97 Å². The van der Waals surface area contributed by atoms with Gasteiger partial charge in [-0.1, -0.05) is 12.8 Å². The van der Waals surface area contributed by atoms with Crippen LogP contribution in [0, 0.1) is 5.82 Å². The second-order valence-electron chi connectivity index (χ2n) is 8.12. The van der Waals surface area contributed by atoms with Crippen molar-refractivity contribution in [3.8, 4) is 11.5 Å². The fourth-order valence-electron chi connectivity index (χ4n) is 4.08. The largest absolute Gasteiger partial charge is 0.453 e. The summed E-state index contributed by atoms with van der Waals surface area (Å²) in [5.74, 6) is 1.24. The van der Waals surface area contributed by atoms with E-state index in [-0.39, 0.29) is 23.8 Å². The standard InChI is InChI=1S/C23H25FN8O/c24-15-11-13(5-6-19(15)33-18-8-10-28-22-14(18)7-9-27-22)29-20-12-21(32-23(26)31-20)30-17-4-2-1-3-16(17)25/h5-12,16-17H,1-4,25H2,(H,27,28)(H4,26,29,30,31,32)/t16-,17-/m0/s1. The lowest BCUT2D eigenvalue weighted by atomic mass is 9.91. The van der Waals surface area contributed by atoms with Crippen LogP contribution in [-0.4, -0.2) is 32.0 Å². The summed E-state index contributed by atoms with van der Waals surface area (Å²) in [6.45, 7) is 0. The van der Waals surface area contributed by atoms with Crippen molar-refractivity contribution in [1.82, 2.24) is 19.9 Å². The number of benzene rings is 1. The number of rotatable bonds is 6. The first-order chi connectivity index (χ1) is 16.0. The molecule has 7 N–H and O–H groups in total. The van der Waals surface area contributed by atoms with E-state index < -0.39 is 5.82 Å². The average Bonchev–Trinajstić information content (AvgIpc) is 3.27. The number of H-pyrrole nitrogens is 1. The van der Waals surface area contributed by atoms with Crippen LogP contribution in [0.2, 0.25) is 0 Å². The van der Waals surface area contributed by atoms with Gasteiger partial charge in [0.2, 0.25) is 5.95 Å². The fraction of sp³-hybridized carbons (Fsp3) is 0.261. The molecule has 3 aromatic heterocycles. The molecule has 4 aromatic rings. The monoisotopic (exact) mass is 448 g/mol. The first-order valence-electron chi connectivity index (χ1n) is 10.9. The Morgan fingerprint density at radius 2 is 1.88 bits per heavy atom. The number of anilines is 4. The predicted molar refractivity (Wildman–Crippen MR) is 126 cm³/mol. The van der Waals surface area contributed by atoms with Gasteiger partial charge in [-0.05, 0) is 37.1 Å². The highest BCUT2D eigenvalue weighted by Gasteiger charge is 2.22. The van der Waals surface area contributed by atoms with E-state index in [9.17, 15) is 4.39 Å². The van der Waals surface area contributed by atoms with Gasteiger partial charge in [0.25, 0.3) is 0 Å². The molecule has 0 aliphatic heterocycles. The molecular weight excluding hydrogens is 423 g/mol. The molecule has 1 saturated carbocycles. The van der Waals surface area contributed by atoms with Crippen LogP contribution < -0.4 is 26.8 Å². The van der Waals surface area contributed by atoms with E-state index in [2.05, 4.69) is 30.6 Å². The molecule has 5 rings (SSSR count). The van der Waals surface area contributed by atoms with Gasteiger partial charge in [-0.25, -0.2) is 9.37 Å². The summed E-state index contributed by atoms with van der Waals surface area (Å²) in [7, 11) is 0. The van der Waals surface area contributed by atoms with Gasteiger partial charge in [-0.15, -0.1) is 0 Å². The molecule has 170 valence electrons. The lowest BCUT2D eigenvalue weighted by molar-refractivity contribution is 0.403. The zero-order valence-electron chi connectivity index (χ0n) is 17.9. The van der Waals surface area contributed by atoms with Gasteiger partial charge in [0.05, 0.1) is 5.39 Å². The first-order valence-corrected chi connectivity index (χ1v) is 10.9. The van der Waals surface area contributed by atoms with Crippen LogP contribution in [-0.2, 0) is 0 Å². The maximum Gasteiger partial charge on any atom is 0.223 e. The number of pyridine rings is 1. The Morgan fingerprint density at radius 1 is 1.03 bits per heavy atom. The third-order valence-electron chi connectivity index (χ3n) is 5.74. The van der Waals surface area contributed by atoms with Gasteiger partial charge in [0, 0.05) is 42.3 Å². The van der Waals surface area contributed by atoms with Gasteiger partial charge in [0.1, 0.15) is 23.0 Å². The topological polar surface area (TPSA) is 140 Å². The number of ether oxygens (including phenoxy) is 1. The SMILES string of the molecule is Nc1nc(Nc2ccc(Oc3ccnc4[nH]ccc34)c(F)c2)cc(N[C@H]2CCCC[C@@H]2N)n1. The van der Waals surface area contributed by atoms with Crippen LogP contribution in [0.25, 0.3) is 11.0 Å². The summed E-state index contributed by atoms with van der Waals surface area (Å²) >= 11 is 0. The van der Waals surface area contributed by atoms with Crippen molar-refractivity contribution in [1.29, 1.82) is 0 Å². The van der Waals surface area contributed by atoms with Crippen molar-refractivity contribution in [2.75, 3.05) is 16.4 Å². The van der Waals surface area contributed by atoms with E-state index in [1.165, 1.54) is 6.07 Å². The summed E-state index contributed by atoms with van der Waals surface area (Å²) in [5.41, 5.74) is 13.3. The van der Waals surface area contributed by atoms with Crippen molar-refractivity contribution in [3.05, 3.63) is 54.6 Å². The molecule has 2 atom stereocenters. The van der Waals surface area contributed by atoms with Gasteiger partial charge in [-0.3, -0.25) is 0 Å². The third kappa shape index (κ3) is 4.65. The quantitative estimate of drug-likeness (QED) is 0.294. The van der Waals surface area contributed by atoms with Gasteiger partial charge < -0.3 is 31.8 Å². The molecule has 0 radical (unpaired) electrons. The molecule has 1 aliphatic rings. The lowest BCUT2D eigenvalue weighted by Crippen LogP contribution is -2.42. The minimum atomic E-state index is -0.519. The van der Waals surface area contributed by atoms with Crippen LogP contribution in [0.5, 0.6) is 11.5 Å². The second kappa shape index (κ2) is 8.91. The molecule has 0 saturated heterocycles. The molecule has 0 amide bonds.